The Labute approximate surface area is 226 Å². The van der Waals surface area contributed by atoms with Crippen LogP contribution < -0.4 is 10.6 Å². The van der Waals surface area contributed by atoms with Gasteiger partial charge in [0, 0.05) is 18.4 Å². The van der Waals surface area contributed by atoms with E-state index in [-0.39, 0.29) is 11.1 Å². The van der Waals surface area contributed by atoms with Crippen LogP contribution in [0.15, 0.2) is 67.0 Å². The van der Waals surface area contributed by atoms with Crippen molar-refractivity contribution in [2.75, 3.05) is 19.0 Å². The number of hydrogen-bond acceptors (Lipinski definition) is 6. The van der Waals surface area contributed by atoms with E-state index in [1.165, 1.54) is 12.5 Å². The van der Waals surface area contributed by atoms with Crippen molar-refractivity contribution in [3.63, 3.8) is 0 Å². The van der Waals surface area contributed by atoms with Crippen LogP contribution in [-0.4, -0.2) is 43.6 Å². The molecule has 2 amide bonds. The Morgan fingerprint density at radius 1 is 1.05 bits per heavy atom. The van der Waals surface area contributed by atoms with Crippen molar-refractivity contribution in [1.82, 2.24) is 10.2 Å². The number of aryl methyl sites for hydroxylation is 1. The predicted octanol–water partition coefficient (Wildman–Crippen LogP) is 5.24. The molecule has 0 saturated carbocycles. The van der Waals surface area contributed by atoms with Crippen molar-refractivity contribution in [2.24, 2.45) is 5.41 Å². The van der Waals surface area contributed by atoms with Gasteiger partial charge in [-0.3, -0.25) is 9.59 Å². The van der Waals surface area contributed by atoms with E-state index in [1.54, 1.807) is 4.90 Å². The van der Waals surface area contributed by atoms with E-state index in [1.807, 2.05) is 40.8 Å². The van der Waals surface area contributed by atoms with Gasteiger partial charge in [0.25, 0.3) is 0 Å². The van der Waals surface area contributed by atoms with Crippen LogP contribution in [0.2, 0.25) is 0 Å². The van der Waals surface area contributed by atoms with Crippen molar-refractivity contribution >= 4 is 30.8 Å². The van der Waals surface area contributed by atoms with Crippen LogP contribution in [0.25, 0.3) is 11.1 Å². The fourth-order valence-electron chi connectivity index (χ4n) is 2.93. The number of esters is 1. The van der Waals surface area contributed by atoms with E-state index in [2.05, 4.69) is 67.1 Å². The van der Waals surface area contributed by atoms with Gasteiger partial charge in [-0.05, 0) is 60.6 Å². The predicted molar refractivity (Wildman–Crippen MR) is 153 cm³/mol. The van der Waals surface area contributed by atoms with Crippen molar-refractivity contribution in [1.29, 1.82) is 0 Å². The lowest BCUT2D eigenvalue weighted by molar-refractivity contribution is -0.142. The molecule has 206 valence electrons. The molecule has 2 aromatic rings. The monoisotopic (exact) mass is 523 g/mol. The Morgan fingerprint density at radius 3 is 2.08 bits per heavy atom. The molecule has 0 heterocycles. The van der Waals surface area contributed by atoms with E-state index >= 15 is 0 Å². The summed E-state index contributed by atoms with van der Waals surface area (Å²) < 4.78 is 4.86. The zero-order valence-electron chi connectivity index (χ0n) is 23.6. The molecule has 0 saturated heterocycles. The third kappa shape index (κ3) is 12.7. The number of aldehydes is 1. The van der Waals surface area contributed by atoms with Gasteiger partial charge < -0.3 is 25.1 Å². The van der Waals surface area contributed by atoms with Gasteiger partial charge in [-0.2, -0.15) is 0 Å². The number of hydrogen-bond donors (Lipinski definition) is 2. The number of anilines is 1. The number of rotatable bonds is 10. The van der Waals surface area contributed by atoms with E-state index < -0.39 is 5.97 Å². The van der Waals surface area contributed by atoms with Crippen molar-refractivity contribution < 1.29 is 23.9 Å². The number of nitrogens with one attached hydrogen (secondary N) is 2. The van der Waals surface area contributed by atoms with Crippen LogP contribution >= 0.6 is 0 Å². The molecule has 2 N–H and O–H groups in total. The second kappa shape index (κ2) is 17.3. The lowest BCUT2D eigenvalue weighted by Crippen LogP contribution is -2.24. The quantitative estimate of drug-likeness (QED) is 0.251. The second-order valence-corrected chi connectivity index (χ2v) is 9.51. The second-order valence-electron chi connectivity index (χ2n) is 9.51. The van der Waals surface area contributed by atoms with Crippen LogP contribution in [0.1, 0.15) is 45.7 Å². The molecular weight excluding hydrogens is 482 g/mol. The van der Waals surface area contributed by atoms with Crippen LogP contribution in [-0.2, 0) is 30.5 Å². The molecule has 0 atom stereocenters. The van der Waals surface area contributed by atoms with Gasteiger partial charge in [0.2, 0.25) is 12.8 Å². The number of benzene rings is 2. The number of carbonyl (C=O) groups excluding carboxylic acids is 4. The lowest BCUT2D eigenvalue weighted by Gasteiger charge is -2.21. The summed E-state index contributed by atoms with van der Waals surface area (Å²) in [5.74, 6) is -0.595. The van der Waals surface area contributed by atoms with E-state index in [0.717, 1.165) is 40.8 Å². The molecule has 0 aliphatic carbocycles. The summed E-state index contributed by atoms with van der Waals surface area (Å²) in [7, 11) is 1.90. The standard InChI is InChI=1S/C19H22N2O.C9H15NO3.C2H4O/c1-14(2)21(13-22)12-19-15(3)6-5-7-18(19)16-8-10-17(20-4)11-9-16;1-7(10-6-11)8(12)13-5-9(2,3)4;1-2-3/h5-11,13,20H,1,12H2,2-4H3;6H,1,5H2,2-4H3,(H,10,11);2H,1H3. The molecule has 0 fully saturated rings. The minimum atomic E-state index is -0.595. The first kappa shape index (κ1) is 33.8. The highest BCUT2D eigenvalue weighted by Gasteiger charge is 2.15. The maximum Gasteiger partial charge on any atom is 0.354 e. The highest BCUT2D eigenvalue weighted by Crippen LogP contribution is 2.28. The minimum Gasteiger partial charge on any atom is -0.460 e. The molecule has 0 radical (unpaired) electrons. The summed E-state index contributed by atoms with van der Waals surface area (Å²) in [5.41, 5.74) is 6.31. The first-order valence-electron chi connectivity index (χ1n) is 12.0. The van der Waals surface area contributed by atoms with Crippen molar-refractivity contribution in [3.05, 3.63) is 78.1 Å². The van der Waals surface area contributed by atoms with Crippen molar-refractivity contribution in [2.45, 2.75) is 48.1 Å². The molecule has 0 bridgehead atoms. The van der Waals surface area contributed by atoms with Crippen LogP contribution in [0.4, 0.5) is 5.69 Å². The zero-order chi connectivity index (χ0) is 29.3. The fraction of sp³-hybridized carbons (Fsp3) is 0.333. The maximum absolute atomic E-state index is 11.3. The smallest absolute Gasteiger partial charge is 0.354 e. The van der Waals surface area contributed by atoms with Crippen LogP contribution in [0, 0.1) is 12.3 Å². The average molecular weight is 524 g/mol. The Hall–Kier alpha value is -4.20. The van der Waals surface area contributed by atoms with Gasteiger partial charge in [0.15, 0.2) is 0 Å². The number of nitrogens with zero attached hydrogens (tertiary/aromatic N) is 1. The highest BCUT2D eigenvalue weighted by atomic mass is 16.5. The number of ether oxygens (including phenoxy) is 1. The molecule has 0 aromatic heterocycles. The molecule has 8 heteroatoms. The molecule has 0 spiro atoms. The van der Waals surface area contributed by atoms with Gasteiger partial charge >= 0.3 is 5.97 Å². The normalized spacial score (nSPS) is 9.76. The highest BCUT2D eigenvalue weighted by molar-refractivity contribution is 5.89. The summed E-state index contributed by atoms with van der Waals surface area (Å²) in [5, 5.41) is 5.25. The summed E-state index contributed by atoms with van der Waals surface area (Å²) in [6.45, 7) is 19.2. The molecule has 38 heavy (non-hydrogen) atoms. The Balaban J connectivity index is 0.000000731. The van der Waals surface area contributed by atoms with Crippen LogP contribution in [0.5, 0.6) is 0 Å². The SMILES string of the molecule is C=C(C)N(C=O)Cc1c(C)cccc1-c1ccc(NC)cc1.C=C(NC=O)C(=O)OCC(C)(C)C.CC=O. The number of carbonyl (C=O) groups is 4. The summed E-state index contributed by atoms with van der Waals surface area (Å²) >= 11 is 0. The van der Waals surface area contributed by atoms with Gasteiger partial charge in [0.1, 0.15) is 12.0 Å². The molecule has 0 aliphatic rings. The number of amides is 2. The van der Waals surface area contributed by atoms with Gasteiger partial charge in [-0.15, -0.1) is 0 Å². The number of allylic oxidation sites excluding steroid dienone is 1. The Kier molecular flexibility index (Phi) is 15.4. The summed E-state index contributed by atoms with van der Waals surface area (Å²) in [4.78, 5) is 42.7. The largest absolute Gasteiger partial charge is 0.460 e. The first-order valence-corrected chi connectivity index (χ1v) is 12.0. The molecule has 2 rings (SSSR count). The van der Waals surface area contributed by atoms with Gasteiger partial charge in [-0.25, -0.2) is 4.79 Å². The Bertz CT molecular complexity index is 1090. The minimum absolute atomic E-state index is 0.0424. The summed E-state index contributed by atoms with van der Waals surface area (Å²) in [6.07, 6.45) is 1.98. The summed E-state index contributed by atoms with van der Waals surface area (Å²) in [6, 6.07) is 14.5. The van der Waals surface area contributed by atoms with Crippen LogP contribution in [0.3, 0.4) is 0 Å². The average Bonchev–Trinajstić information content (AvgIpc) is 2.87. The molecular formula is C30H41N3O5. The maximum atomic E-state index is 11.3. The molecule has 0 unspecified atom stereocenters. The van der Waals surface area contributed by atoms with Crippen molar-refractivity contribution in [3.8, 4) is 11.1 Å². The van der Waals surface area contributed by atoms with Gasteiger partial charge in [0.05, 0.1) is 13.2 Å². The molecule has 8 nitrogen and oxygen atoms in total. The fourth-order valence-corrected chi connectivity index (χ4v) is 2.93. The van der Waals surface area contributed by atoms with Gasteiger partial charge in [-0.1, -0.05) is 64.3 Å². The topological polar surface area (TPSA) is 105 Å². The third-order valence-corrected chi connectivity index (χ3v) is 4.96. The third-order valence-electron chi connectivity index (χ3n) is 4.96. The zero-order valence-corrected chi connectivity index (χ0v) is 23.6. The molecule has 0 aliphatic heterocycles. The van der Waals surface area contributed by atoms with E-state index in [4.69, 9.17) is 9.53 Å². The van der Waals surface area contributed by atoms with E-state index in [9.17, 15) is 14.4 Å². The Morgan fingerprint density at radius 2 is 1.63 bits per heavy atom. The lowest BCUT2D eigenvalue weighted by atomic mass is 9.95. The first-order chi connectivity index (χ1) is 17.8. The molecule has 2 aromatic carbocycles. The van der Waals surface area contributed by atoms with E-state index in [0.29, 0.717) is 19.6 Å².